The van der Waals surface area contributed by atoms with Crippen molar-refractivity contribution in [2.24, 2.45) is 0 Å². The maximum atomic E-state index is 14.0. The number of aryl methyl sites for hydroxylation is 1. The number of rotatable bonds is 3. The van der Waals surface area contributed by atoms with E-state index in [2.05, 4.69) is 24.8 Å². The molecule has 4 heterocycles. The third kappa shape index (κ3) is 5.74. The molecule has 5 rings (SSSR count). The van der Waals surface area contributed by atoms with E-state index < -0.39 is 0 Å². The number of hydrogen-bond donors (Lipinski definition) is 0. The lowest BCUT2D eigenvalue weighted by Gasteiger charge is -2.28. The number of carbonyl (C=O) groups excluding carboxylic acids is 2. The van der Waals surface area contributed by atoms with E-state index in [-0.39, 0.29) is 11.8 Å². The molecule has 38 heavy (non-hydrogen) atoms. The maximum absolute atomic E-state index is 14.0. The molecule has 0 bridgehead atoms. The molecule has 0 atom stereocenters. The maximum Gasteiger partial charge on any atom is 0.273 e. The standard InChI is InChI=1S/C28H34N8O2/c1-21-19-24(32-28(31-21)33-13-5-6-14-33)26(38)35-18-17-34(27-29-11-7-12-30-27)15-8-16-36(22(2)37)25-10-4-3-9-23(25)20-35/h3-4,7,9-12,19H,5-6,8,13-18,20H2,1-2H3. The molecule has 0 spiro atoms. The van der Waals surface area contributed by atoms with Crippen molar-refractivity contribution in [3.8, 4) is 0 Å². The van der Waals surface area contributed by atoms with E-state index in [4.69, 9.17) is 4.98 Å². The molecule has 2 aliphatic heterocycles. The molecule has 0 N–H and O–H groups in total. The van der Waals surface area contributed by atoms with Crippen LogP contribution in [-0.2, 0) is 11.3 Å². The summed E-state index contributed by atoms with van der Waals surface area (Å²) in [5, 5.41) is 0. The summed E-state index contributed by atoms with van der Waals surface area (Å²) in [5.74, 6) is 1.04. The smallest absolute Gasteiger partial charge is 0.273 e. The normalized spacial score (nSPS) is 16.7. The monoisotopic (exact) mass is 514 g/mol. The summed E-state index contributed by atoms with van der Waals surface area (Å²) in [4.78, 5) is 52.7. The van der Waals surface area contributed by atoms with Gasteiger partial charge < -0.3 is 19.6 Å². The fourth-order valence-electron chi connectivity index (χ4n) is 5.12. The summed E-state index contributed by atoms with van der Waals surface area (Å²) in [6.45, 7) is 7.87. The minimum Gasteiger partial charge on any atom is -0.341 e. The number of para-hydroxylation sites is 1. The minimum absolute atomic E-state index is 0.0289. The Morgan fingerprint density at radius 2 is 1.50 bits per heavy atom. The van der Waals surface area contributed by atoms with Crippen LogP contribution < -0.4 is 14.7 Å². The molecule has 2 amide bonds. The molecule has 10 heteroatoms. The molecule has 0 unspecified atom stereocenters. The van der Waals surface area contributed by atoms with Crippen molar-refractivity contribution in [1.29, 1.82) is 0 Å². The van der Waals surface area contributed by atoms with Crippen LogP contribution in [0.15, 0.2) is 48.8 Å². The fraction of sp³-hybridized carbons (Fsp3) is 0.429. The number of carbonyl (C=O) groups is 2. The first-order valence-electron chi connectivity index (χ1n) is 13.3. The van der Waals surface area contributed by atoms with E-state index in [1.54, 1.807) is 36.4 Å². The van der Waals surface area contributed by atoms with Gasteiger partial charge in [-0.15, -0.1) is 0 Å². The summed E-state index contributed by atoms with van der Waals surface area (Å²) < 4.78 is 0. The van der Waals surface area contributed by atoms with Crippen molar-refractivity contribution >= 4 is 29.4 Å². The topological polar surface area (TPSA) is 98.7 Å². The van der Waals surface area contributed by atoms with Gasteiger partial charge in [-0.25, -0.2) is 19.9 Å². The molecule has 1 fully saturated rings. The molecule has 10 nitrogen and oxygen atoms in total. The third-order valence-corrected chi connectivity index (χ3v) is 7.05. The molecule has 1 saturated heterocycles. The van der Waals surface area contributed by atoms with Crippen molar-refractivity contribution < 1.29 is 9.59 Å². The molecule has 198 valence electrons. The van der Waals surface area contributed by atoms with Gasteiger partial charge in [0.1, 0.15) is 5.69 Å². The van der Waals surface area contributed by atoms with Crippen LogP contribution >= 0.6 is 0 Å². The number of nitrogens with zero attached hydrogens (tertiary/aromatic N) is 8. The summed E-state index contributed by atoms with van der Waals surface area (Å²) in [6, 6.07) is 11.4. The van der Waals surface area contributed by atoms with Gasteiger partial charge in [0, 0.05) is 76.5 Å². The second-order valence-corrected chi connectivity index (χ2v) is 9.80. The predicted molar refractivity (Wildman–Crippen MR) is 146 cm³/mol. The molecule has 1 aromatic carbocycles. The van der Waals surface area contributed by atoms with Crippen molar-refractivity contribution in [3.05, 3.63) is 65.7 Å². The molecule has 0 saturated carbocycles. The highest BCUT2D eigenvalue weighted by Gasteiger charge is 2.26. The molecular weight excluding hydrogens is 480 g/mol. The lowest BCUT2D eigenvalue weighted by atomic mass is 10.1. The zero-order valence-electron chi connectivity index (χ0n) is 22.1. The number of hydrogen-bond acceptors (Lipinski definition) is 8. The third-order valence-electron chi connectivity index (χ3n) is 7.05. The zero-order valence-corrected chi connectivity index (χ0v) is 22.1. The number of benzene rings is 1. The first kappa shape index (κ1) is 25.6. The average molecular weight is 515 g/mol. The first-order chi connectivity index (χ1) is 18.5. The highest BCUT2D eigenvalue weighted by Crippen LogP contribution is 2.25. The second-order valence-electron chi connectivity index (χ2n) is 9.80. The van der Waals surface area contributed by atoms with Crippen LogP contribution in [0.25, 0.3) is 0 Å². The van der Waals surface area contributed by atoms with Crippen molar-refractivity contribution in [1.82, 2.24) is 24.8 Å². The van der Waals surface area contributed by atoms with E-state index in [0.717, 1.165) is 49.3 Å². The van der Waals surface area contributed by atoms with Crippen molar-refractivity contribution in [2.75, 3.05) is 54.0 Å². The van der Waals surface area contributed by atoms with Crippen molar-refractivity contribution in [3.63, 3.8) is 0 Å². The Bertz CT molecular complexity index is 1280. The van der Waals surface area contributed by atoms with E-state index in [1.165, 1.54) is 0 Å². The number of anilines is 3. The summed E-state index contributed by atoms with van der Waals surface area (Å²) in [6.07, 6.45) is 6.39. The SMILES string of the molecule is CC(=O)N1CCCN(c2ncccn2)CCN(C(=O)c2cc(C)nc(N3CCCC3)n2)Cc2ccccc21. The van der Waals surface area contributed by atoms with Crippen LogP contribution in [0.1, 0.15) is 47.9 Å². The van der Waals surface area contributed by atoms with Gasteiger partial charge in [0.15, 0.2) is 0 Å². The van der Waals surface area contributed by atoms with Crippen molar-refractivity contribution in [2.45, 2.75) is 39.7 Å². The zero-order chi connectivity index (χ0) is 26.5. The number of fused-ring (bicyclic) bond motifs is 1. The van der Waals surface area contributed by atoms with Crippen LogP contribution in [-0.4, -0.2) is 75.9 Å². The lowest BCUT2D eigenvalue weighted by molar-refractivity contribution is -0.116. The Morgan fingerprint density at radius 1 is 0.789 bits per heavy atom. The van der Waals surface area contributed by atoms with Gasteiger partial charge in [-0.1, -0.05) is 18.2 Å². The molecule has 0 radical (unpaired) electrons. The summed E-state index contributed by atoms with van der Waals surface area (Å²) in [5.41, 5.74) is 2.91. The van der Waals surface area contributed by atoms with E-state index >= 15 is 0 Å². The quantitative estimate of drug-likeness (QED) is 0.526. The van der Waals surface area contributed by atoms with Gasteiger partial charge in [0.25, 0.3) is 5.91 Å². The van der Waals surface area contributed by atoms with Gasteiger partial charge in [-0.2, -0.15) is 0 Å². The Hall–Kier alpha value is -4.08. The van der Waals surface area contributed by atoms with E-state index in [1.807, 2.05) is 36.1 Å². The summed E-state index contributed by atoms with van der Waals surface area (Å²) >= 11 is 0. The molecular formula is C28H34N8O2. The average Bonchev–Trinajstić information content (AvgIpc) is 3.46. The Kier molecular flexibility index (Phi) is 7.76. The van der Waals surface area contributed by atoms with Crippen LogP contribution in [0.5, 0.6) is 0 Å². The van der Waals surface area contributed by atoms with Gasteiger partial charge in [-0.3, -0.25) is 9.59 Å². The largest absolute Gasteiger partial charge is 0.341 e. The molecule has 2 aromatic heterocycles. The fourth-order valence-corrected chi connectivity index (χ4v) is 5.12. The second kappa shape index (κ2) is 11.5. The minimum atomic E-state index is -0.159. The highest BCUT2D eigenvalue weighted by atomic mass is 16.2. The van der Waals surface area contributed by atoms with Crippen LogP contribution in [0.2, 0.25) is 0 Å². The number of amides is 2. The lowest BCUT2D eigenvalue weighted by Crippen LogP contribution is -2.40. The van der Waals surface area contributed by atoms with Crippen LogP contribution in [0.4, 0.5) is 17.6 Å². The molecule has 2 aliphatic rings. The van der Waals surface area contributed by atoms with Gasteiger partial charge in [-0.05, 0) is 49.9 Å². The van der Waals surface area contributed by atoms with Crippen LogP contribution in [0.3, 0.4) is 0 Å². The Morgan fingerprint density at radius 3 is 2.26 bits per heavy atom. The molecule has 3 aromatic rings. The predicted octanol–water partition coefficient (Wildman–Crippen LogP) is 3.08. The highest BCUT2D eigenvalue weighted by molar-refractivity contribution is 5.94. The van der Waals surface area contributed by atoms with Gasteiger partial charge in [0.05, 0.1) is 0 Å². The van der Waals surface area contributed by atoms with E-state index in [9.17, 15) is 9.59 Å². The first-order valence-corrected chi connectivity index (χ1v) is 13.3. The molecule has 0 aliphatic carbocycles. The summed E-state index contributed by atoms with van der Waals surface area (Å²) in [7, 11) is 0. The van der Waals surface area contributed by atoms with Crippen LogP contribution in [0, 0.1) is 6.92 Å². The van der Waals surface area contributed by atoms with Gasteiger partial charge >= 0.3 is 0 Å². The van der Waals surface area contributed by atoms with E-state index in [0.29, 0.717) is 50.3 Å². The Labute approximate surface area is 223 Å². The Balaban J connectivity index is 1.51. The van der Waals surface area contributed by atoms with Gasteiger partial charge in [0.2, 0.25) is 17.8 Å². The number of aromatic nitrogens is 4.